The molecule has 0 rings (SSSR count). The van der Waals surface area contributed by atoms with Crippen LogP contribution in [0, 0.1) is 0 Å². The predicted octanol–water partition coefficient (Wildman–Crippen LogP) is 2.50. The van der Waals surface area contributed by atoms with Gasteiger partial charge < -0.3 is 14.9 Å². The molecule has 0 aliphatic carbocycles. The predicted molar refractivity (Wildman–Crippen MR) is 66.5 cm³/mol. The van der Waals surface area contributed by atoms with Gasteiger partial charge in [0.25, 0.3) is 0 Å². The molecule has 16 heavy (non-hydrogen) atoms. The lowest BCUT2D eigenvalue weighted by atomic mass is 9.98. The van der Waals surface area contributed by atoms with E-state index in [0.717, 1.165) is 32.1 Å². The van der Waals surface area contributed by atoms with Crippen molar-refractivity contribution in [2.45, 2.75) is 64.4 Å². The zero-order chi connectivity index (χ0) is 12.3. The Balaban J connectivity index is 3.61. The van der Waals surface area contributed by atoms with E-state index in [0.29, 0.717) is 13.0 Å². The minimum absolute atomic E-state index is 0.204. The third-order valence-electron chi connectivity index (χ3n) is 2.80. The number of rotatable bonds is 11. The topological polar surface area (TPSA) is 49.7 Å². The molecule has 0 aliphatic heterocycles. The fourth-order valence-corrected chi connectivity index (χ4v) is 1.62. The van der Waals surface area contributed by atoms with Crippen LogP contribution in [0.15, 0.2) is 0 Å². The summed E-state index contributed by atoms with van der Waals surface area (Å²) in [6, 6.07) is 0. The standard InChI is InChI=1S/C13H28O3/c1-3-5-7-9-13(15,11-14)12-16-10-8-6-4-2/h14-15H,3-12H2,1-2H3. The molecule has 1 atom stereocenters. The second-order valence-corrected chi connectivity index (χ2v) is 4.60. The van der Waals surface area contributed by atoms with Gasteiger partial charge in [-0.2, -0.15) is 0 Å². The summed E-state index contributed by atoms with van der Waals surface area (Å²) in [6.45, 7) is 5.01. The first-order valence-electron chi connectivity index (χ1n) is 6.59. The van der Waals surface area contributed by atoms with E-state index in [1.54, 1.807) is 0 Å². The molecule has 98 valence electrons. The second kappa shape index (κ2) is 10.1. The van der Waals surface area contributed by atoms with Crippen molar-refractivity contribution in [2.75, 3.05) is 19.8 Å². The Morgan fingerprint density at radius 1 is 1.00 bits per heavy atom. The Hall–Kier alpha value is -0.120. The number of hydrogen-bond acceptors (Lipinski definition) is 3. The second-order valence-electron chi connectivity index (χ2n) is 4.60. The first kappa shape index (κ1) is 15.9. The summed E-state index contributed by atoms with van der Waals surface area (Å²) in [4.78, 5) is 0. The van der Waals surface area contributed by atoms with Crippen LogP contribution in [0.25, 0.3) is 0 Å². The SMILES string of the molecule is CCCCCOCC(O)(CO)CCCCC. The highest BCUT2D eigenvalue weighted by atomic mass is 16.5. The van der Waals surface area contributed by atoms with Crippen LogP contribution >= 0.6 is 0 Å². The average Bonchev–Trinajstić information content (AvgIpc) is 2.29. The molecule has 0 amide bonds. The van der Waals surface area contributed by atoms with Gasteiger partial charge in [-0.15, -0.1) is 0 Å². The molecule has 1 unspecified atom stereocenters. The largest absolute Gasteiger partial charge is 0.393 e. The van der Waals surface area contributed by atoms with E-state index in [1.807, 2.05) is 0 Å². The summed E-state index contributed by atoms with van der Waals surface area (Å²) in [7, 11) is 0. The zero-order valence-corrected chi connectivity index (χ0v) is 10.9. The molecule has 0 fully saturated rings. The van der Waals surface area contributed by atoms with Crippen molar-refractivity contribution in [1.29, 1.82) is 0 Å². The number of unbranched alkanes of at least 4 members (excludes halogenated alkanes) is 4. The van der Waals surface area contributed by atoms with Crippen LogP contribution in [0.2, 0.25) is 0 Å². The number of aliphatic hydroxyl groups is 2. The van der Waals surface area contributed by atoms with Gasteiger partial charge in [0.1, 0.15) is 5.60 Å². The van der Waals surface area contributed by atoms with Gasteiger partial charge in [0.15, 0.2) is 0 Å². The Morgan fingerprint density at radius 2 is 1.62 bits per heavy atom. The van der Waals surface area contributed by atoms with E-state index in [9.17, 15) is 5.11 Å². The van der Waals surface area contributed by atoms with Crippen LogP contribution in [0.1, 0.15) is 58.8 Å². The van der Waals surface area contributed by atoms with E-state index in [1.165, 1.54) is 6.42 Å². The summed E-state index contributed by atoms with van der Waals surface area (Å²) in [6.07, 6.45) is 7.17. The van der Waals surface area contributed by atoms with Gasteiger partial charge in [0, 0.05) is 6.61 Å². The normalized spacial score (nSPS) is 15.0. The molecular weight excluding hydrogens is 204 g/mol. The highest BCUT2D eigenvalue weighted by Gasteiger charge is 2.25. The maximum Gasteiger partial charge on any atom is 0.111 e. The molecule has 0 heterocycles. The van der Waals surface area contributed by atoms with Crippen molar-refractivity contribution in [3.05, 3.63) is 0 Å². The fraction of sp³-hybridized carbons (Fsp3) is 1.00. The summed E-state index contributed by atoms with van der Waals surface area (Å²) in [5.41, 5.74) is -1.03. The van der Waals surface area contributed by atoms with Gasteiger partial charge in [-0.25, -0.2) is 0 Å². The molecule has 0 bridgehead atoms. The smallest absolute Gasteiger partial charge is 0.111 e. The van der Waals surface area contributed by atoms with Crippen LogP contribution in [0.4, 0.5) is 0 Å². The highest BCUT2D eigenvalue weighted by molar-refractivity contribution is 4.76. The Morgan fingerprint density at radius 3 is 2.19 bits per heavy atom. The summed E-state index contributed by atoms with van der Waals surface area (Å²) in [5.74, 6) is 0. The van der Waals surface area contributed by atoms with Gasteiger partial charge >= 0.3 is 0 Å². The Kier molecular flexibility index (Phi) is 9.99. The molecule has 0 aromatic heterocycles. The molecule has 3 nitrogen and oxygen atoms in total. The lowest BCUT2D eigenvalue weighted by molar-refractivity contribution is -0.0839. The monoisotopic (exact) mass is 232 g/mol. The molecule has 0 aromatic rings. The minimum Gasteiger partial charge on any atom is -0.393 e. The lowest BCUT2D eigenvalue weighted by Crippen LogP contribution is -2.38. The van der Waals surface area contributed by atoms with E-state index >= 15 is 0 Å². The first-order valence-corrected chi connectivity index (χ1v) is 6.59. The minimum atomic E-state index is -1.03. The lowest BCUT2D eigenvalue weighted by Gasteiger charge is -2.25. The number of hydrogen-bond donors (Lipinski definition) is 2. The quantitative estimate of drug-likeness (QED) is 0.538. The van der Waals surface area contributed by atoms with E-state index < -0.39 is 5.60 Å². The van der Waals surface area contributed by atoms with Crippen LogP contribution in [0.3, 0.4) is 0 Å². The van der Waals surface area contributed by atoms with Crippen LogP contribution < -0.4 is 0 Å². The van der Waals surface area contributed by atoms with Gasteiger partial charge in [0.05, 0.1) is 13.2 Å². The third-order valence-corrected chi connectivity index (χ3v) is 2.80. The number of aliphatic hydroxyl groups excluding tert-OH is 1. The highest BCUT2D eigenvalue weighted by Crippen LogP contribution is 2.15. The van der Waals surface area contributed by atoms with Crippen molar-refractivity contribution in [1.82, 2.24) is 0 Å². The Labute approximate surface area is 99.8 Å². The number of ether oxygens (including phenoxy) is 1. The molecule has 3 heteroatoms. The van der Waals surface area contributed by atoms with Crippen molar-refractivity contribution in [2.24, 2.45) is 0 Å². The van der Waals surface area contributed by atoms with E-state index in [2.05, 4.69) is 13.8 Å². The average molecular weight is 232 g/mol. The van der Waals surface area contributed by atoms with E-state index in [-0.39, 0.29) is 13.2 Å². The summed E-state index contributed by atoms with van der Waals surface area (Å²) in [5, 5.41) is 19.2. The fourth-order valence-electron chi connectivity index (χ4n) is 1.62. The van der Waals surface area contributed by atoms with Crippen LogP contribution in [-0.4, -0.2) is 35.6 Å². The molecule has 2 N–H and O–H groups in total. The summed E-state index contributed by atoms with van der Waals surface area (Å²) >= 11 is 0. The van der Waals surface area contributed by atoms with Gasteiger partial charge in [-0.1, -0.05) is 46.0 Å². The van der Waals surface area contributed by atoms with Gasteiger partial charge in [-0.3, -0.25) is 0 Å². The third kappa shape index (κ3) is 8.08. The molecular formula is C13H28O3. The molecule has 0 saturated heterocycles. The molecule has 0 aromatic carbocycles. The maximum absolute atomic E-state index is 10.0. The van der Waals surface area contributed by atoms with Gasteiger partial charge in [0.2, 0.25) is 0 Å². The molecule has 0 saturated carbocycles. The van der Waals surface area contributed by atoms with Crippen LogP contribution in [0.5, 0.6) is 0 Å². The van der Waals surface area contributed by atoms with Crippen LogP contribution in [-0.2, 0) is 4.74 Å². The summed E-state index contributed by atoms with van der Waals surface area (Å²) < 4.78 is 5.41. The van der Waals surface area contributed by atoms with Crippen molar-refractivity contribution >= 4 is 0 Å². The Bertz CT molecular complexity index is 150. The van der Waals surface area contributed by atoms with E-state index in [4.69, 9.17) is 9.84 Å². The maximum atomic E-state index is 10.0. The zero-order valence-electron chi connectivity index (χ0n) is 10.9. The van der Waals surface area contributed by atoms with Crippen molar-refractivity contribution in [3.63, 3.8) is 0 Å². The van der Waals surface area contributed by atoms with Crippen molar-refractivity contribution in [3.8, 4) is 0 Å². The molecule has 0 spiro atoms. The molecule has 0 aliphatic rings. The molecule has 0 radical (unpaired) electrons. The van der Waals surface area contributed by atoms with Gasteiger partial charge in [-0.05, 0) is 12.8 Å². The van der Waals surface area contributed by atoms with Crippen molar-refractivity contribution < 1.29 is 14.9 Å². The first-order chi connectivity index (χ1) is 7.68.